The van der Waals surface area contributed by atoms with Gasteiger partial charge in [-0.1, -0.05) is 0 Å². The van der Waals surface area contributed by atoms with Crippen LogP contribution in [0.1, 0.15) is 25.7 Å². The first kappa shape index (κ1) is 20.7. The molecule has 1 saturated carbocycles. The van der Waals surface area contributed by atoms with Crippen LogP contribution in [0.25, 0.3) is 0 Å². The maximum atomic E-state index is 12.4. The number of carbonyl (C=O) groups excluding carboxylic acids is 2. The second-order valence-corrected chi connectivity index (χ2v) is 4.45. The summed E-state index contributed by atoms with van der Waals surface area (Å²) in [6.07, 6.45) is -10.6. The maximum Gasteiger partial charge on any atom is 0.458 e. The molecular weight excluding hydrogens is 332 g/mol. The molecule has 0 aromatic heterocycles. The summed E-state index contributed by atoms with van der Waals surface area (Å²) in [6.45, 7) is 0. The molecule has 1 aliphatic rings. The van der Waals surface area contributed by atoms with Crippen molar-refractivity contribution in [2.45, 2.75) is 50.0 Å². The third-order valence-corrected chi connectivity index (χ3v) is 2.67. The van der Waals surface area contributed by atoms with Gasteiger partial charge in [-0.3, -0.25) is 20.9 Å². The molecule has 4 nitrogen and oxygen atoms in total. The first-order valence-corrected chi connectivity index (χ1v) is 5.77. The molecule has 0 radical (unpaired) electrons. The lowest BCUT2D eigenvalue weighted by Gasteiger charge is -2.27. The Hall–Kier alpha value is -1.30. The van der Waals surface area contributed by atoms with E-state index >= 15 is 0 Å². The standard InChI is InChI=1S/C6H12F2N2.C4F6O2/c7-6(8)3-1-5(10-9)2-4-6;5-3(6,7)1(11)2(12)4(8,9)10/h5,10H,1-4,9H2;. The summed E-state index contributed by atoms with van der Waals surface area (Å²) in [6, 6.07) is 0.0969. The quantitative estimate of drug-likeness (QED) is 0.349. The van der Waals surface area contributed by atoms with E-state index in [0.717, 1.165) is 0 Å². The van der Waals surface area contributed by atoms with Crippen molar-refractivity contribution in [3.8, 4) is 0 Å². The van der Waals surface area contributed by atoms with E-state index in [4.69, 9.17) is 5.84 Å². The fourth-order valence-corrected chi connectivity index (χ4v) is 1.46. The molecule has 0 amide bonds. The van der Waals surface area contributed by atoms with Crippen LogP contribution >= 0.6 is 0 Å². The lowest BCUT2D eigenvalue weighted by molar-refractivity contribution is -0.193. The molecule has 0 aromatic carbocycles. The summed E-state index contributed by atoms with van der Waals surface area (Å²) >= 11 is 0. The van der Waals surface area contributed by atoms with Crippen LogP contribution in [0.2, 0.25) is 0 Å². The van der Waals surface area contributed by atoms with Crippen molar-refractivity contribution in [3.63, 3.8) is 0 Å². The summed E-state index contributed by atoms with van der Waals surface area (Å²) in [4.78, 5) is 19.2. The van der Waals surface area contributed by atoms with E-state index in [1.165, 1.54) is 0 Å². The zero-order valence-corrected chi connectivity index (χ0v) is 10.8. The number of Topliss-reactive ketones (excluding diaryl/α,β-unsaturated/α-hetero) is 2. The van der Waals surface area contributed by atoms with Crippen LogP contribution in [0.15, 0.2) is 0 Å². The van der Waals surface area contributed by atoms with Crippen LogP contribution in [0, 0.1) is 0 Å². The van der Waals surface area contributed by atoms with Gasteiger partial charge in [0, 0.05) is 18.9 Å². The molecular formula is C10H12F8N2O2. The van der Waals surface area contributed by atoms with Crippen LogP contribution in [0.5, 0.6) is 0 Å². The number of nitrogens with one attached hydrogen (secondary N) is 1. The fraction of sp³-hybridized carbons (Fsp3) is 0.800. The number of alkyl halides is 8. The van der Waals surface area contributed by atoms with Gasteiger partial charge < -0.3 is 0 Å². The third kappa shape index (κ3) is 7.11. The number of hydrazine groups is 1. The van der Waals surface area contributed by atoms with Crippen LogP contribution in [0.4, 0.5) is 35.1 Å². The van der Waals surface area contributed by atoms with Gasteiger partial charge >= 0.3 is 23.9 Å². The number of rotatable bonds is 2. The minimum atomic E-state index is -5.77. The highest BCUT2D eigenvalue weighted by atomic mass is 19.4. The SMILES string of the molecule is NNC1CCC(F)(F)CC1.O=C(C(=O)C(F)(F)F)C(F)(F)F. The van der Waals surface area contributed by atoms with Crippen molar-refractivity contribution in [1.29, 1.82) is 0 Å². The average Bonchev–Trinajstić information content (AvgIpc) is 2.35. The van der Waals surface area contributed by atoms with E-state index in [1.54, 1.807) is 0 Å². The van der Waals surface area contributed by atoms with Gasteiger partial charge in [-0.2, -0.15) is 26.3 Å². The van der Waals surface area contributed by atoms with E-state index < -0.39 is 29.8 Å². The van der Waals surface area contributed by atoms with Crippen molar-refractivity contribution < 1.29 is 44.7 Å². The molecule has 12 heteroatoms. The van der Waals surface area contributed by atoms with Crippen LogP contribution in [0.3, 0.4) is 0 Å². The number of halogens is 8. The summed E-state index contributed by atoms with van der Waals surface area (Å²) in [5.74, 6) is -4.16. The molecule has 0 atom stereocenters. The van der Waals surface area contributed by atoms with Gasteiger partial charge in [0.2, 0.25) is 5.92 Å². The van der Waals surface area contributed by atoms with E-state index in [-0.39, 0.29) is 18.9 Å². The number of hydrogen-bond donors (Lipinski definition) is 2. The summed E-state index contributed by atoms with van der Waals surface area (Å²) < 4.78 is 91.8. The largest absolute Gasteiger partial charge is 0.458 e. The summed E-state index contributed by atoms with van der Waals surface area (Å²) in [5.41, 5.74) is 2.51. The van der Waals surface area contributed by atoms with Crippen molar-refractivity contribution in [3.05, 3.63) is 0 Å². The Morgan fingerprint density at radius 1 is 0.909 bits per heavy atom. The number of ketones is 2. The van der Waals surface area contributed by atoms with Crippen molar-refractivity contribution in [2.75, 3.05) is 0 Å². The van der Waals surface area contributed by atoms with Gasteiger partial charge in [0.25, 0.3) is 0 Å². The van der Waals surface area contributed by atoms with Gasteiger partial charge in [0.05, 0.1) is 0 Å². The highest BCUT2D eigenvalue weighted by molar-refractivity contribution is 6.41. The van der Waals surface area contributed by atoms with Gasteiger partial charge in [0.15, 0.2) is 0 Å². The second kappa shape index (κ2) is 7.31. The molecule has 0 aliphatic heterocycles. The Morgan fingerprint density at radius 3 is 1.45 bits per heavy atom. The zero-order valence-electron chi connectivity index (χ0n) is 10.8. The molecule has 1 fully saturated rings. The molecule has 0 aromatic rings. The topological polar surface area (TPSA) is 72.2 Å². The zero-order chi connectivity index (χ0) is 17.8. The van der Waals surface area contributed by atoms with Crippen molar-refractivity contribution in [2.24, 2.45) is 5.84 Å². The fourth-order valence-electron chi connectivity index (χ4n) is 1.46. The normalized spacial score (nSPS) is 19.1. The predicted molar refractivity (Wildman–Crippen MR) is 56.7 cm³/mol. The first-order valence-electron chi connectivity index (χ1n) is 5.77. The molecule has 0 heterocycles. The van der Waals surface area contributed by atoms with E-state index in [9.17, 15) is 44.7 Å². The molecule has 0 saturated heterocycles. The Kier molecular flexibility index (Phi) is 6.88. The van der Waals surface area contributed by atoms with Gasteiger partial charge in [-0.05, 0) is 12.8 Å². The number of hydrogen-bond acceptors (Lipinski definition) is 4. The molecule has 0 bridgehead atoms. The second-order valence-electron chi connectivity index (χ2n) is 4.45. The summed E-state index contributed by atoms with van der Waals surface area (Å²) in [5, 5.41) is 0. The monoisotopic (exact) mass is 344 g/mol. The summed E-state index contributed by atoms with van der Waals surface area (Å²) in [7, 11) is 0. The van der Waals surface area contributed by atoms with Gasteiger partial charge in [-0.15, -0.1) is 0 Å². The maximum absolute atomic E-state index is 12.4. The van der Waals surface area contributed by atoms with Crippen LogP contribution < -0.4 is 11.3 Å². The average molecular weight is 344 g/mol. The predicted octanol–water partition coefficient (Wildman–Crippen LogP) is 2.28. The van der Waals surface area contributed by atoms with E-state index in [2.05, 4.69) is 5.43 Å². The Bertz CT molecular complexity index is 371. The molecule has 0 unspecified atom stereocenters. The van der Waals surface area contributed by atoms with Crippen LogP contribution in [-0.2, 0) is 9.59 Å². The minimum absolute atomic E-state index is 0.0259. The number of carbonyl (C=O) groups is 2. The highest BCUT2D eigenvalue weighted by Gasteiger charge is 2.54. The van der Waals surface area contributed by atoms with Crippen molar-refractivity contribution in [1.82, 2.24) is 5.43 Å². The molecule has 3 N–H and O–H groups in total. The van der Waals surface area contributed by atoms with E-state index in [1.807, 2.05) is 0 Å². The van der Waals surface area contributed by atoms with Gasteiger partial charge in [-0.25, -0.2) is 8.78 Å². The molecule has 22 heavy (non-hydrogen) atoms. The molecule has 0 spiro atoms. The smallest absolute Gasteiger partial charge is 0.280 e. The molecule has 1 rings (SSSR count). The Balaban J connectivity index is 0.000000406. The lowest BCUT2D eigenvalue weighted by Crippen LogP contribution is -2.40. The number of nitrogens with two attached hydrogens (primary N) is 1. The van der Waals surface area contributed by atoms with E-state index in [0.29, 0.717) is 12.8 Å². The van der Waals surface area contributed by atoms with Gasteiger partial charge in [0.1, 0.15) is 0 Å². The third-order valence-electron chi connectivity index (χ3n) is 2.67. The Labute approximate surface area is 119 Å². The first-order chi connectivity index (χ1) is 9.70. The minimum Gasteiger partial charge on any atom is -0.280 e. The highest BCUT2D eigenvalue weighted by Crippen LogP contribution is 2.32. The molecule has 1 aliphatic carbocycles. The van der Waals surface area contributed by atoms with Crippen LogP contribution in [-0.4, -0.2) is 35.9 Å². The van der Waals surface area contributed by atoms with Crippen molar-refractivity contribution >= 4 is 11.6 Å². The lowest BCUT2D eigenvalue weighted by atomic mass is 9.93. The Morgan fingerprint density at radius 2 is 1.23 bits per heavy atom. The molecule has 130 valence electrons.